The van der Waals surface area contributed by atoms with Crippen LogP contribution in [0.1, 0.15) is 57.6 Å². The van der Waals surface area contributed by atoms with Gasteiger partial charge in [-0.1, -0.05) is 31.5 Å². The van der Waals surface area contributed by atoms with Gasteiger partial charge in [0.25, 0.3) is 5.91 Å². The summed E-state index contributed by atoms with van der Waals surface area (Å²) in [7, 11) is 1.35. The highest BCUT2D eigenvalue weighted by Gasteiger charge is 2.25. The van der Waals surface area contributed by atoms with E-state index in [-0.39, 0.29) is 0 Å². The van der Waals surface area contributed by atoms with E-state index in [4.69, 9.17) is 10.5 Å². The molecule has 3 aromatic rings. The maximum Gasteiger partial charge on any atom is 0.337 e. The summed E-state index contributed by atoms with van der Waals surface area (Å²) in [5.74, 6) is -0.858. The molecule has 0 saturated carbocycles. The second-order valence-corrected chi connectivity index (χ2v) is 7.23. The van der Waals surface area contributed by atoms with Crippen LogP contribution in [-0.2, 0) is 17.7 Å². The number of primary amides is 1. The summed E-state index contributed by atoms with van der Waals surface area (Å²) in [4.78, 5) is 28.7. The van der Waals surface area contributed by atoms with Crippen LogP contribution < -0.4 is 5.73 Å². The Kier molecular flexibility index (Phi) is 6.67. The summed E-state index contributed by atoms with van der Waals surface area (Å²) >= 11 is 0. The molecule has 0 saturated heterocycles. The number of nitrogens with zero attached hydrogens (tertiary/aromatic N) is 2. The summed E-state index contributed by atoms with van der Waals surface area (Å²) in [5.41, 5.74) is 11.3. The van der Waals surface area contributed by atoms with E-state index < -0.39 is 11.9 Å². The first-order chi connectivity index (χ1) is 14.5. The topological polar surface area (TPSA) is 87.2 Å². The highest BCUT2D eigenvalue weighted by molar-refractivity contribution is 6.02. The first kappa shape index (κ1) is 21.3. The summed E-state index contributed by atoms with van der Waals surface area (Å²) in [5, 5.41) is 0. The third-order valence-electron chi connectivity index (χ3n) is 5.29. The number of benzene rings is 1. The minimum atomic E-state index is -0.461. The van der Waals surface area contributed by atoms with E-state index in [1.54, 1.807) is 18.3 Å². The number of amides is 1. The average Bonchev–Trinajstić information content (AvgIpc) is 3.04. The third-order valence-corrected chi connectivity index (χ3v) is 5.29. The van der Waals surface area contributed by atoms with E-state index in [9.17, 15) is 9.59 Å². The van der Waals surface area contributed by atoms with Gasteiger partial charge in [0.05, 0.1) is 30.5 Å². The molecule has 0 bridgehead atoms. The number of hydrogen-bond acceptors (Lipinski definition) is 4. The zero-order valence-corrected chi connectivity index (χ0v) is 17.6. The second-order valence-electron chi connectivity index (χ2n) is 7.23. The smallest absolute Gasteiger partial charge is 0.337 e. The second kappa shape index (κ2) is 9.39. The van der Waals surface area contributed by atoms with Crippen LogP contribution in [0.4, 0.5) is 0 Å². The molecule has 2 aromatic heterocycles. The molecule has 30 heavy (non-hydrogen) atoms. The van der Waals surface area contributed by atoms with Gasteiger partial charge in [-0.05, 0) is 49.6 Å². The van der Waals surface area contributed by atoms with Gasteiger partial charge in [0.15, 0.2) is 0 Å². The summed E-state index contributed by atoms with van der Waals surface area (Å²) in [6.07, 6.45) is 4.59. The van der Waals surface area contributed by atoms with Crippen molar-refractivity contribution in [3.05, 3.63) is 76.9 Å². The molecule has 156 valence electrons. The number of carbonyl (C=O) groups excluding carboxylic acids is 2. The van der Waals surface area contributed by atoms with Crippen LogP contribution in [0.25, 0.3) is 11.1 Å². The van der Waals surface area contributed by atoms with Crippen molar-refractivity contribution in [3.8, 4) is 11.1 Å². The number of pyridine rings is 1. The van der Waals surface area contributed by atoms with Crippen LogP contribution in [0.15, 0.2) is 48.7 Å². The van der Waals surface area contributed by atoms with Crippen molar-refractivity contribution in [2.75, 3.05) is 7.11 Å². The first-order valence-corrected chi connectivity index (χ1v) is 10.1. The van der Waals surface area contributed by atoms with E-state index >= 15 is 0 Å². The van der Waals surface area contributed by atoms with Crippen molar-refractivity contribution in [2.45, 2.75) is 39.7 Å². The number of rotatable bonds is 8. The third kappa shape index (κ3) is 4.27. The molecule has 0 unspecified atom stereocenters. The molecule has 0 atom stereocenters. The lowest BCUT2D eigenvalue weighted by Gasteiger charge is -2.13. The molecule has 1 aromatic carbocycles. The van der Waals surface area contributed by atoms with Gasteiger partial charge in [0.2, 0.25) is 0 Å². The normalized spacial score (nSPS) is 10.8. The molecule has 2 N–H and O–H groups in total. The van der Waals surface area contributed by atoms with Crippen LogP contribution >= 0.6 is 0 Å². The van der Waals surface area contributed by atoms with Crippen LogP contribution in [-0.4, -0.2) is 28.5 Å². The standard InChI is InChI=1S/C24H27N3O3/c1-4-5-9-20-22(17-10-12-18(13-11-17)24(29)30-3)21(23(25)28)16(2)27(20)15-19-8-6-7-14-26-19/h6-8,10-14H,4-5,9,15H2,1-3H3,(H2,25,28). The molecule has 0 fully saturated rings. The van der Waals surface area contributed by atoms with Gasteiger partial charge in [0.1, 0.15) is 0 Å². The molecular weight excluding hydrogens is 378 g/mol. The Balaban J connectivity index is 2.17. The fourth-order valence-electron chi connectivity index (χ4n) is 3.77. The molecule has 2 heterocycles. The Bertz CT molecular complexity index is 1040. The fourth-order valence-corrected chi connectivity index (χ4v) is 3.77. The molecule has 3 rings (SSSR count). The molecule has 6 nitrogen and oxygen atoms in total. The van der Waals surface area contributed by atoms with Crippen LogP contribution in [0.3, 0.4) is 0 Å². The Morgan fingerprint density at radius 3 is 2.43 bits per heavy atom. The van der Waals surface area contributed by atoms with Crippen LogP contribution in [0, 0.1) is 6.92 Å². The van der Waals surface area contributed by atoms with E-state index in [0.29, 0.717) is 17.7 Å². The Morgan fingerprint density at radius 2 is 1.87 bits per heavy atom. The number of carbonyl (C=O) groups is 2. The van der Waals surface area contributed by atoms with Crippen molar-refractivity contribution in [3.63, 3.8) is 0 Å². The summed E-state index contributed by atoms with van der Waals surface area (Å²) < 4.78 is 6.93. The molecule has 0 spiro atoms. The number of esters is 1. The zero-order chi connectivity index (χ0) is 21.7. The maximum atomic E-state index is 12.4. The molecule has 6 heteroatoms. The van der Waals surface area contributed by atoms with Gasteiger partial charge < -0.3 is 15.0 Å². The van der Waals surface area contributed by atoms with Crippen molar-refractivity contribution in [1.29, 1.82) is 0 Å². The van der Waals surface area contributed by atoms with Gasteiger partial charge in [-0.2, -0.15) is 0 Å². The number of methoxy groups -OCH3 is 1. The minimum Gasteiger partial charge on any atom is -0.465 e. The van der Waals surface area contributed by atoms with Crippen molar-refractivity contribution in [1.82, 2.24) is 9.55 Å². The van der Waals surface area contributed by atoms with Gasteiger partial charge in [-0.15, -0.1) is 0 Å². The van der Waals surface area contributed by atoms with E-state index in [1.165, 1.54) is 7.11 Å². The molecule has 1 amide bonds. The lowest BCUT2D eigenvalue weighted by Crippen LogP contribution is -2.14. The Morgan fingerprint density at radius 1 is 1.13 bits per heavy atom. The van der Waals surface area contributed by atoms with Gasteiger partial charge >= 0.3 is 5.97 Å². The fraction of sp³-hybridized carbons (Fsp3) is 0.292. The molecular formula is C24H27N3O3. The van der Waals surface area contributed by atoms with Crippen molar-refractivity contribution >= 4 is 11.9 Å². The molecule has 0 aliphatic rings. The molecule has 0 aliphatic carbocycles. The number of ether oxygens (including phenoxy) is 1. The largest absolute Gasteiger partial charge is 0.465 e. The Hall–Kier alpha value is -3.41. The number of nitrogens with two attached hydrogens (primary N) is 1. The van der Waals surface area contributed by atoms with E-state index in [1.807, 2.05) is 37.3 Å². The first-order valence-electron chi connectivity index (χ1n) is 10.1. The van der Waals surface area contributed by atoms with Gasteiger partial charge in [-0.25, -0.2) is 4.79 Å². The summed E-state index contributed by atoms with van der Waals surface area (Å²) in [6, 6.07) is 12.9. The Labute approximate surface area is 176 Å². The predicted molar refractivity (Wildman–Crippen MR) is 116 cm³/mol. The van der Waals surface area contributed by atoms with Crippen LogP contribution in [0.2, 0.25) is 0 Å². The van der Waals surface area contributed by atoms with Gasteiger partial charge in [-0.3, -0.25) is 9.78 Å². The highest BCUT2D eigenvalue weighted by atomic mass is 16.5. The van der Waals surface area contributed by atoms with Gasteiger partial charge in [0, 0.05) is 23.1 Å². The quantitative estimate of drug-likeness (QED) is 0.571. The number of hydrogen-bond donors (Lipinski definition) is 1. The number of unbranched alkanes of at least 4 members (excludes halogenated alkanes) is 1. The SMILES string of the molecule is CCCCc1c(-c2ccc(C(=O)OC)cc2)c(C(N)=O)c(C)n1Cc1ccccn1. The molecule has 0 radical (unpaired) electrons. The minimum absolute atomic E-state index is 0.396. The van der Waals surface area contributed by atoms with Crippen LogP contribution in [0.5, 0.6) is 0 Å². The van der Waals surface area contributed by atoms with E-state index in [2.05, 4.69) is 16.5 Å². The lowest BCUT2D eigenvalue weighted by atomic mass is 9.96. The monoisotopic (exact) mass is 405 g/mol. The average molecular weight is 405 g/mol. The summed E-state index contributed by atoms with van der Waals surface area (Å²) in [6.45, 7) is 4.62. The predicted octanol–water partition coefficient (Wildman–Crippen LogP) is 4.13. The number of aromatic nitrogens is 2. The van der Waals surface area contributed by atoms with Crippen molar-refractivity contribution < 1.29 is 14.3 Å². The highest BCUT2D eigenvalue weighted by Crippen LogP contribution is 2.34. The van der Waals surface area contributed by atoms with Crippen molar-refractivity contribution in [2.24, 2.45) is 5.73 Å². The lowest BCUT2D eigenvalue weighted by molar-refractivity contribution is 0.0600. The molecule has 0 aliphatic heterocycles. The van der Waals surface area contributed by atoms with E-state index in [0.717, 1.165) is 47.5 Å². The maximum absolute atomic E-state index is 12.4. The zero-order valence-electron chi connectivity index (χ0n) is 17.6.